The van der Waals surface area contributed by atoms with Gasteiger partial charge < -0.3 is 10.1 Å². The fourth-order valence-electron chi connectivity index (χ4n) is 1.07. The van der Waals surface area contributed by atoms with Crippen LogP contribution in [0.25, 0.3) is 0 Å². The van der Waals surface area contributed by atoms with E-state index in [1.807, 2.05) is 13.8 Å². The van der Waals surface area contributed by atoms with Crippen molar-refractivity contribution in [2.75, 3.05) is 19.7 Å². The molecule has 1 N–H and O–H groups in total. The summed E-state index contributed by atoms with van der Waals surface area (Å²) in [4.78, 5) is 0. The Morgan fingerprint density at radius 2 is 2.40 bits per heavy atom. The Balaban J connectivity index is 2.53. The molecule has 0 aromatic carbocycles. The van der Waals surface area contributed by atoms with Gasteiger partial charge in [0.05, 0.1) is 6.61 Å². The lowest BCUT2D eigenvalue weighted by Gasteiger charge is -2.29. The molecule has 0 amide bonds. The molecule has 1 saturated heterocycles. The van der Waals surface area contributed by atoms with Crippen LogP contribution in [0.15, 0.2) is 0 Å². The van der Waals surface area contributed by atoms with Gasteiger partial charge >= 0.3 is 0 Å². The van der Waals surface area contributed by atoms with Crippen molar-refractivity contribution in [1.82, 2.24) is 5.32 Å². The van der Waals surface area contributed by atoms with Crippen LogP contribution in [0.2, 0.25) is 0 Å². The second-order valence-electron chi connectivity index (χ2n) is 2.63. The second-order valence-corrected chi connectivity index (χ2v) is 2.63. The minimum Gasteiger partial charge on any atom is -0.360 e. The Labute approximate surface area is 62.0 Å². The van der Waals surface area contributed by atoms with Gasteiger partial charge in [0.25, 0.3) is 0 Å². The van der Waals surface area contributed by atoms with Crippen LogP contribution in [0.3, 0.4) is 0 Å². The highest BCUT2D eigenvalue weighted by molar-refractivity contribution is 5.13. The van der Waals surface area contributed by atoms with Crippen LogP contribution in [0.5, 0.6) is 0 Å². The molecule has 1 fully saturated rings. The second kappa shape index (κ2) is 3.05. The van der Waals surface area contributed by atoms with Crippen molar-refractivity contribution in [1.29, 1.82) is 0 Å². The molecule has 56 valence electrons. The summed E-state index contributed by atoms with van der Waals surface area (Å²) in [5, 5.41) is 3.23. The number of ether oxygens (including phenoxy) is 1. The van der Waals surface area contributed by atoms with Gasteiger partial charge in [0.2, 0.25) is 0 Å². The van der Waals surface area contributed by atoms with Gasteiger partial charge in [-0.1, -0.05) is 5.92 Å². The molecule has 10 heavy (non-hydrogen) atoms. The summed E-state index contributed by atoms with van der Waals surface area (Å²) in [6.07, 6.45) is 0. The van der Waals surface area contributed by atoms with E-state index in [-0.39, 0.29) is 5.60 Å². The fraction of sp³-hybridized carbons (Fsp3) is 0.750. The number of hydrogen-bond donors (Lipinski definition) is 1. The predicted molar refractivity (Wildman–Crippen MR) is 40.7 cm³/mol. The Bertz CT molecular complexity index is 160. The van der Waals surface area contributed by atoms with Gasteiger partial charge in [-0.25, -0.2) is 0 Å². The first-order valence-corrected chi connectivity index (χ1v) is 3.55. The van der Waals surface area contributed by atoms with Crippen molar-refractivity contribution in [3.63, 3.8) is 0 Å². The smallest absolute Gasteiger partial charge is 0.138 e. The average Bonchev–Trinajstić information content (AvgIpc) is 1.89. The van der Waals surface area contributed by atoms with Gasteiger partial charge in [-0.2, -0.15) is 0 Å². The molecular weight excluding hydrogens is 126 g/mol. The van der Waals surface area contributed by atoms with Gasteiger partial charge in [-0.05, 0) is 13.8 Å². The van der Waals surface area contributed by atoms with Crippen LogP contribution in [-0.2, 0) is 4.74 Å². The molecule has 0 spiro atoms. The molecule has 0 aliphatic carbocycles. The van der Waals surface area contributed by atoms with E-state index in [2.05, 4.69) is 17.2 Å². The van der Waals surface area contributed by atoms with E-state index in [0.717, 1.165) is 19.7 Å². The summed E-state index contributed by atoms with van der Waals surface area (Å²) >= 11 is 0. The molecule has 1 aliphatic rings. The van der Waals surface area contributed by atoms with Gasteiger partial charge in [-0.15, -0.1) is 5.92 Å². The van der Waals surface area contributed by atoms with Crippen molar-refractivity contribution in [3.05, 3.63) is 0 Å². The Kier molecular flexibility index (Phi) is 2.31. The van der Waals surface area contributed by atoms with Crippen LogP contribution in [0.1, 0.15) is 13.8 Å². The van der Waals surface area contributed by atoms with Gasteiger partial charge in [0, 0.05) is 13.1 Å². The maximum absolute atomic E-state index is 5.47. The van der Waals surface area contributed by atoms with Crippen LogP contribution < -0.4 is 5.32 Å². The minimum absolute atomic E-state index is 0.243. The van der Waals surface area contributed by atoms with E-state index < -0.39 is 0 Å². The molecule has 0 aromatic heterocycles. The predicted octanol–water partition coefficient (Wildman–Crippen LogP) is 0.388. The molecule has 0 unspecified atom stereocenters. The highest BCUT2D eigenvalue weighted by Crippen LogP contribution is 2.09. The molecule has 0 aromatic rings. The Hall–Kier alpha value is -0.520. The number of morpholine rings is 1. The SMILES string of the molecule is CC#C[C@]1(C)CNCCO1. The molecule has 0 bridgehead atoms. The van der Waals surface area contributed by atoms with Crippen molar-refractivity contribution in [2.24, 2.45) is 0 Å². The molecule has 1 heterocycles. The Morgan fingerprint density at radius 1 is 1.60 bits per heavy atom. The van der Waals surface area contributed by atoms with Gasteiger partial charge in [-0.3, -0.25) is 0 Å². The molecule has 1 atom stereocenters. The average molecular weight is 139 g/mol. The summed E-state index contributed by atoms with van der Waals surface area (Å²) in [6, 6.07) is 0. The van der Waals surface area contributed by atoms with E-state index in [1.54, 1.807) is 0 Å². The first-order chi connectivity index (χ1) is 4.77. The van der Waals surface area contributed by atoms with Crippen molar-refractivity contribution >= 4 is 0 Å². The minimum atomic E-state index is -0.243. The zero-order valence-electron chi connectivity index (χ0n) is 6.53. The van der Waals surface area contributed by atoms with Crippen molar-refractivity contribution < 1.29 is 4.74 Å². The normalized spacial score (nSPS) is 32.6. The van der Waals surface area contributed by atoms with Crippen LogP contribution in [0.4, 0.5) is 0 Å². The van der Waals surface area contributed by atoms with Crippen LogP contribution >= 0.6 is 0 Å². The quantitative estimate of drug-likeness (QED) is 0.490. The molecule has 1 rings (SSSR count). The summed E-state index contributed by atoms with van der Waals surface area (Å²) in [7, 11) is 0. The lowest BCUT2D eigenvalue weighted by molar-refractivity contribution is -0.00982. The monoisotopic (exact) mass is 139 g/mol. The summed E-state index contributed by atoms with van der Waals surface area (Å²) in [5.74, 6) is 5.89. The zero-order valence-corrected chi connectivity index (χ0v) is 6.53. The van der Waals surface area contributed by atoms with E-state index in [0.29, 0.717) is 0 Å². The highest BCUT2D eigenvalue weighted by atomic mass is 16.5. The summed E-state index contributed by atoms with van der Waals surface area (Å²) in [5.41, 5.74) is -0.243. The third kappa shape index (κ3) is 1.73. The lowest BCUT2D eigenvalue weighted by Crippen LogP contribution is -2.46. The topological polar surface area (TPSA) is 21.3 Å². The highest BCUT2D eigenvalue weighted by Gasteiger charge is 2.24. The number of nitrogens with one attached hydrogen (secondary N) is 1. The molecule has 0 radical (unpaired) electrons. The largest absolute Gasteiger partial charge is 0.360 e. The third-order valence-electron chi connectivity index (χ3n) is 1.55. The molecule has 0 saturated carbocycles. The number of hydrogen-bond acceptors (Lipinski definition) is 2. The lowest BCUT2D eigenvalue weighted by atomic mass is 10.1. The van der Waals surface area contributed by atoms with Crippen molar-refractivity contribution in [3.8, 4) is 11.8 Å². The van der Waals surface area contributed by atoms with Gasteiger partial charge in [0.1, 0.15) is 5.60 Å². The van der Waals surface area contributed by atoms with E-state index in [1.165, 1.54) is 0 Å². The van der Waals surface area contributed by atoms with Gasteiger partial charge in [0.15, 0.2) is 0 Å². The first kappa shape index (κ1) is 7.59. The maximum Gasteiger partial charge on any atom is 0.138 e. The van der Waals surface area contributed by atoms with E-state index in [9.17, 15) is 0 Å². The Morgan fingerprint density at radius 3 is 2.90 bits per heavy atom. The molecular formula is C8H13NO. The fourth-order valence-corrected chi connectivity index (χ4v) is 1.07. The zero-order chi connectivity index (χ0) is 7.45. The van der Waals surface area contributed by atoms with E-state index >= 15 is 0 Å². The number of rotatable bonds is 0. The first-order valence-electron chi connectivity index (χ1n) is 3.55. The molecule has 2 heteroatoms. The van der Waals surface area contributed by atoms with Crippen LogP contribution in [-0.4, -0.2) is 25.3 Å². The maximum atomic E-state index is 5.47. The standard InChI is InChI=1S/C8H13NO/c1-3-4-8(2)7-9-5-6-10-8/h9H,5-7H2,1-2H3/t8-/m1/s1. The third-order valence-corrected chi connectivity index (χ3v) is 1.55. The van der Waals surface area contributed by atoms with Crippen LogP contribution in [0, 0.1) is 11.8 Å². The summed E-state index contributed by atoms with van der Waals surface area (Å²) in [6.45, 7) is 6.40. The van der Waals surface area contributed by atoms with E-state index in [4.69, 9.17) is 4.74 Å². The molecule has 1 aliphatic heterocycles. The van der Waals surface area contributed by atoms with Crippen molar-refractivity contribution in [2.45, 2.75) is 19.4 Å². The summed E-state index contributed by atoms with van der Waals surface area (Å²) < 4.78 is 5.47. The molecule has 2 nitrogen and oxygen atoms in total.